The van der Waals surface area contributed by atoms with Gasteiger partial charge in [0.05, 0.1) is 12.1 Å². The van der Waals surface area contributed by atoms with Gasteiger partial charge in [-0.25, -0.2) is 13.6 Å². The Morgan fingerprint density at radius 2 is 1.94 bits per heavy atom. The molecule has 2 heterocycles. The first-order valence-corrected chi connectivity index (χ1v) is 10.7. The van der Waals surface area contributed by atoms with Crippen LogP contribution in [0.1, 0.15) is 45.0 Å². The number of H-pyrrole nitrogens is 1. The molecule has 4 nitrogen and oxygen atoms in total. The summed E-state index contributed by atoms with van der Waals surface area (Å²) >= 11 is 0. The monoisotopic (exact) mass is 426 g/mol. The molecule has 0 radical (unpaired) electrons. The summed E-state index contributed by atoms with van der Waals surface area (Å²) in [5.74, 6) is -0.592. The van der Waals surface area contributed by atoms with Crippen molar-refractivity contribution in [3.63, 3.8) is 0 Å². The minimum atomic E-state index is -2.36. The van der Waals surface area contributed by atoms with E-state index in [2.05, 4.69) is 31.0 Å². The number of carboxylic acid groups (broad SMARTS) is 1. The van der Waals surface area contributed by atoms with Crippen molar-refractivity contribution in [3.8, 4) is 0 Å². The Morgan fingerprint density at radius 1 is 1.19 bits per heavy atom. The summed E-state index contributed by atoms with van der Waals surface area (Å²) in [6, 6.07) is 11.2. The Kier molecular flexibility index (Phi) is 6.10. The lowest BCUT2D eigenvalue weighted by Crippen LogP contribution is -2.42. The highest BCUT2D eigenvalue weighted by Crippen LogP contribution is 2.37. The zero-order valence-electron chi connectivity index (χ0n) is 17.9. The Labute approximate surface area is 180 Å². The van der Waals surface area contributed by atoms with Crippen molar-refractivity contribution in [2.45, 2.75) is 39.0 Å². The number of aromatic nitrogens is 1. The summed E-state index contributed by atoms with van der Waals surface area (Å²) in [7, 11) is 0. The molecule has 0 saturated carbocycles. The fourth-order valence-electron chi connectivity index (χ4n) is 5.10. The van der Waals surface area contributed by atoms with Gasteiger partial charge >= 0.3 is 5.97 Å². The molecule has 0 aliphatic carbocycles. The average Bonchev–Trinajstić information content (AvgIpc) is 3.22. The fourth-order valence-corrected chi connectivity index (χ4v) is 5.10. The minimum Gasteiger partial charge on any atom is -0.478 e. The number of likely N-dealkylation sites (tertiary alicyclic amines) is 1. The van der Waals surface area contributed by atoms with Crippen LogP contribution in [0.5, 0.6) is 0 Å². The number of hydrogen-bond acceptors (Lipinski definition) is 2. The number of halogens is 2. The number of aryl methyl sites for hydroxylation is 2. The highest BCUT2D eigenvalue weighted by Gasteiger charge is 2.32. The van der Waals surface area contributed by atoms with Crippen molar-refractivity contribution in [2.24, 2.45) is 5.92 Å². The van der Waals surface area contributed by atoms with E-state index < -0.39 is 12.4 Å². The van der Waals surface area contributed by atoms with E-state index in [1.807, 2.05) is 23.2 Å². The number of aromatic carboxylic acids is 1. The first-order valence-electron chi connectivity index (χ1n) is 10.7. The third kappa shape index (κ3) is 4.49. The summed E-state index contributed by atoms with van der Waals surface area (Å²) in [5.41, 5.74) is 6.18. The molecule has 2 N–H and O–H groups in total. The molecule has 0 spiro atoms. The summed E-state index contributed by atoms with van der Waals surface area (Å²) in [5, 5.41) is 10.4. The summed E-state index contributed by atoms with van der Waals surface area (Å²) < 4.78 is 26.1. The van der Waals surface area contributed by atoms with E-state index in [4.69, 9.17) is 0 Å². The van der Waals surface area contributed by atoms with Crippen LogP contribution in [-0.2, 0) is 6.42 Å². The standard InChI is InChI=1S/C25H28F2N2O2/c1-15-11-16(2)24-20(7-9-28-24)21(15)12-19-8-10-29(14-23(26)27)13-22(19)17-3-5-18(6-4-17)25(30)31/h3-7,9,11,19,22-23,28H,8,10,12-14H2,1-2H3,(H,30,31)/t19-,22-/m0/s1. The van der Waals surface area contributed by atoms with Crippen molar-refractivity contribution >= 4 is 16.9 Å². The average molecular weight is 427 g/mol. The molecule has 1 saturated heterocycles. The van der Waals surface area contributed by atoms with Crippen molar-refractivity contribution in [1.29, 1.82) is 0 Å². The number of aromatic amines is 1. The number of hydrogen-bond donors (Lipinski definition) is 2. The van der Waals surface area contributed by atoms with Gasteiger partial charge < -0.3 is 10.1 Å². The maximum Gasteiger partial charge on any atom is 0.335 e. The van der Waals surface area contributed by atoms with Gasteiger partial charge in [0.25, 0.3) is 6.43 Å². The number of nitrogens with one attached hydrogen (secondary N) is 1. The van der Waals surface area contributed by atoms with E-state index in [-0.39, 0.29) is 18.0 Å². The molecule has 0 unspecified atom stereocenters. The van der Waals surface area contributed by atoms with Crippen LogP contribution in [-0.4, -0.2) is 47.0 Å². The predicted octanol–water partition coefficient (Wildman–Crippen LogP) is 5.40. The number of alkyl halides is 2. The molecular formula is C25H28F2N2O2. The van der Waals surface area contributed by atoms with E-state index in [1.165, 1.54) is 22.1 Å². The molecule has 2 aromatic carbocycles. The summed E-state index contributed by atoms with van der Waals surface area (Å²) in [6.07, 6.45) is 1.31. The Morgan fingerprint density at radius 3 is 2.61 bits per heavy atom. The van der Waals surface area contributed by atoms with Gasteiger partial charge in [-0.1, -0.05) is 18.2 Å². The van der Waals surface area contributed by atoms with Gasteiger partial charge in [-0.15, -0.1) is 0 Å². The van der Waals surface area contributed by atoms with E-state index in [0.29, 0.717) is 19.0 Å². The van der Waals surface area contributed by atoms with Gasteiger partial charge in [-0.3, -0.25) is 4.90 Å². The van der Waals surface area contributed by atoms with Crippen LogP contribution in [0.25, 0.3) is 10.9 Å². The second kappa shape index (κ2) is 8.79. The van der Waals surface area contributed by atoms with Crippen molar-refractivity contribution in [3.05, 3.63) is 70.4 Å². The number of carbonyl (C=O) groups is 1. The molecule has 3 aromatic rings. The topological polar surface area (TPSA) is 56.3 Å². The predicted molar refractivity (Wildman–Crippen MR) is 118 cm³/mol. The first kappa shape index (κ1) is 21.5. The smallest absolute Gasteiger partial charge is 0.335 e. The van der Waals surface area contributed by atoms with Gasteiger partial charge in [0, 0.05) is 23.6 Å². The Balaban J connectivity index is 1.66. The number of rotatable bonds is 6. The van der Waals surface area contributed by atoms with Gasteiger partial charge in [0.15, 0.2) is 0 Å². The molecule has 6 heteroatoms. The van der Waals surface area contributed by atoms with E-state index >= 15 is 0 Å². The highest BCUT2D eigenvalue weighted by atomic mass is 19.3. The summed E-state index contributed by atoms with van der Waals surface area (Å²) in [4.78, 5) is 16.4. The fraction of sp³-hybridized carbons (Fsp3) is 0.400. The summed E-state index contributed by atoms with van der Waals surface area (Å²) in [6.45, 7) is 5.23. The van der Waals surface area contributed by atoms with Crippen molar-refractivity contribution in [2.75, 3.05) is 19.6 Å². The molecule has 0 amide bonds. The van der Waals surface area contributed by atoms with E-state index in [9.17, 15) is 18.7 Å². The number of benzene rings is 2. The van der Waals surface area contributed by atoms with Crippen LogP contribution in [0.2, 0.25) is 0 Å². The molecule has 31 heavy (non-hydrogen) atoms. The molecule has 1 fully saturated rings. The van der Waals surface area contributed by atoms with E-state index in [1.54, 1.807) is 12.1 Å². The van der Waals surface area contributed by atoms with Gasteiger partial charge in [0.1, 0.15) is 0 Å². The molecule has 4 rings (SSSR count). The number of fused-ring (bicyclic) bond motifs is 1. The van der Waals surface area contributed by atoms with Crippen molar-refractivity contribution in [1.82, 2.24) is 9.88 Å². The zero-order chi connectivity index (χ0) is 22.1. The molecule has 0 bridgehead atoms. The first-order chi connectivity index (χ1) is 14.8. The third-order valence-electron chi connectivity index (χ3n) is 6.66. The highest BCUT2D eigenvalue weighted by molar-refractivity contribution is 5.88. The number of nitrogens with zero attached hydrogens (tertiary/aromatic N) is 1. The van der Waals surface area contributed by atoms with Gasteiger partial charge in [0.2, 0.25) is 0 Å². The largest absolute Gasteiger partial charge is 0.478 e. The van der Waals surface area contributed by atoms with Gasteiger partial charge in [-0.05, 0) is 85.5 Å². The van der Waals surface area contributed by atoms with Crippen LogP contribution in [0.4, 0.5) is 8.78 Å². The maximum atomic E-state index is 13.1. The Hall–Kier alpha value is -2.73. The quantitative estimate of drug-likeness (QED) is 0.555. The Bertz CT molecular complexity index is 1080. The molecule has 1 aliphatic heterocycles. The van der Waals surface area contributed by atoms with Crippen LogP contribution in [0, 0.1) is 19.8 Å². The van der Waals surface area contributed by atoms with E-state index in [0.717, 1.165) is 23.9 Å². The normalized spacial score (nSPS) is 19.9. The molecular weight excluding hydrogens is 398 g/mol. The molecule has 1 aromatic heterocycles. The number of carboxylic acids is 1. The van der Waals surface area contributed by atoms with Crippen LogP contribution >= 0.6 is 0 Å². The second-order valence-electron chi connectivity index (χ2n) is 8.69. The lowest BCUT2D eigenvalue weighted by Gasteiger charge is -2.39. The molecule has 164 valence electrons. The molecule has 2 atom stereocenters. The lowest BCUT2D eigenvalue weighted by molar-refractivity contribution is 0.0611. The van der Waals surface area contributed by atoms with Gasteiger partial charge in [-0.2, -0.15) is 0 Å². The minimum absolute atomic E-state index is 0.0741. The maximum absolute atomic E-state index is 13.1. The van der Waals surface area contributed by atoms with Crippen molar-refractivity contribution < 1.29 is 18.7 Å². The van der Waals surface area contributed by atoms with Crippen LogP contribution < -0.4 is 0 Å². The SMILES string of the molecule is Cc1cc(C)c2[nH]ccc2c1C[C@@H]1CCN(CC(F)F)C[C@H]1c1ccc(C(=O)O)cc1. The van der Waals surface area contributed by atoms with Crippen LogP contribution in [0.15, 0.2) is 42.6 Å². The molecule has 1 aliphatic rings. The van der Waals surface area contributed by atoms with Crippen LogP contribution in [0.3, 0.4) is 0 Å². The second-order valence-corrected chi connectivity index (χ2v) is 8.69. The zero-order valence-corrected chi connectivity index (χ0v) is 17.9. The lowest BCUT2D eigenvalue weighted by atomic mass is 9.76. The number of piperidine rings is 1. The third-order valence-corrected chi connectivity index (χ3v) is 6.66.